The van der Waals surface area contributed by atoms with Gasteiger partial charge in [0.2, 0.25) is 15.9 Å². The van der Waals surface area contributed by atoms with Crippen LogP contribution >= 0.6 is 11.6 Å². The maximum Gasteiger partial charge on any atom is 0.244 e. The van der Waals surface area contributed by atoms with Crippen LogP contribution < -0.4 is 0 Å². The highest BCUT2D eigenvalue weighted by Crippen LogP contribution is 2.27. The van der Waals surface area contributed by atoms with Crippen LogP contribution in [0.15, 0.2) is 102 Å². The average Bonchev–Trinajstić information content (AvgIpc) is 2.89. The number of hydrogen-bond acceptors (Lipinski definition) is 3. The van der Waals surface area contributed by atoms with E-state index in [1.807, 2.05) is 79.7 Å². The first-order valence-electron chi connectivity index (χ1n) is 12.8. The van der Waals surface area contributed by atoms with Gasteiger partial charge in [-0.2, -0.15) is 4.31 Å². The summed E-state index contributed by atoms with van der Waals surface area (Å²) in [6.07, 6.45) is 0. The molecule has 0 heterocycles. The fourth-order valence-electron chi connectivity index (χ4n) is 4.81. The molecule has 0 aliphatic carbocycles. The number of rotatable bonds is 10. The number of carbonyl (C=O) groups is 1. The molecule has 5 nitrogen and oxygen atoms in total. The minimum atomic E-state index is -4.01. The lowest BCUT2D eigenvalue weighted by Gasteiger charge is -2.28. The Labute approximate surface area is 236 Å². The fourth-order valence-corrected chi connectivity index (χ4v) is 6.73. The van der Waals surface area contributed by atoms with E-state index in [1.165, 1.54) is 4.31 Å². The smallest absolute Gasteiger partial charge is 0.244 e. The van der Waals surface area contributed by atoms with Crippen LogP contribution in [0, 0.1) is 20.8 Å². The Hall–Kier alpha value is -3.45. The highest BCUT2D eigenvalue weighted by Gasteiger charge is 2.31. The molecule has 0 saturated carbocycles. The van der Waals surface area contributed by atoms with Crippen molar-refractivity contribution in [2.45, 2.75) is 45.3 Å². The number of aryl methyl sites for hydroxylation is 3. The lowest BCUT2D eigenvalue weighted by molar-refractivity contribution is -0.132. The van der Waals surface area contributed by atoms with Gasteiger partial charge in [-0.25, -0.2) is 8.42 Å². The van der Waals surface area contributed by atoms with Crippen molar-refractivity contribution in [3.05, 3.63) is 135 Å². The van der Waals surface area contributed by atoms with Crippen molar-refractivity contribution in [3.63, 3.8) is 0 Å². The molecule has 0 radical (unpaired) electrons. The first-order chi connectivity index (χ1) is 18.6. The van der Waals surface area contributed by atoms with Crippen molar-refractivity contribution in [3.8, 4) is 0 Å². The van der Waals surface area contributed by atoms with Gasteiger partial charge in [-0.3, -0.25) is 4.79 Å². The third-order valence-electron chi connectivity index (χ3n) is 6.57. The summed E-state index contributed by atoms with van der Waals surface area (Å²) >= 11 is 6.08. The normalized spacial score (nSPS) is 11.5. The van der Waals surface area contributed by atoms with Gasteiger partial charge in [-0.1, -0.05) is 102 Å². The topological polar surface area (TPSA) is 57.7 Å². The van der Waals surface area contributed by atoms with Crippen molar-refractivity contribution >= 4 is 27.5 Å². The zero-order valence-corrected chi connectivity index (χ0v) is 24.0. The molecule has 4 aromatic carbocycles. The Morgan fingerprint density at radius 1 is 0.692 bits per heavy atom. The Morgan fingerprint density at radius 2 is 1.15 bits per heavy atom. The molecule has 0 atom stereocenters. The summed E-state index contributed by atoms with van der Waals surface area (Å²) < 4.78 is 29.6. The second-order valence-corrected chi connectivity index (χ2v) is 12.2. The molecule has 0 N–H and O–H groups in total. The van der Waals surface area contributed by atoms with Crippen LogP contribution in [0.4, 0.5) is 0 Å². The molecule has 0 aliphatic rings. The first-order valence-corrected chi connectivity index (χ1v) is 14.6. The zero-order valence-electron chi connectivity index (χ0n) is 22.5. The van der Waals surface area contributed by atoms with E-state index in [0.29, 0.717) is 29.2 Å². The van der Waals surface area contributed by atoms with Crippen molar-refractivity contribution < 1.29 is 13.2 Å². The highest BCUT2D eigenvalue weighted by molar-refractivity contribution is 7.89. The number of sulfonamides is 1. The highest BCUT2D eigenvalue weighted by atomic mass is 35.5. The zero-order chi connectivity index (χ0) is 28.0. The largest absolute Gasteiger partial charge is 0.333 e. The molecule has 0 spiro atoms. The first kappa shape index (κ1) is 28.6. The summed E-state index contributed by atoms with van der Waals surface area (Å²) in [6, 6.07) is 30.2. The van der Waals surface area contributed by atoms with Crippen LogP contribution in [-0.2, 0) is 34.5 Å². The maximum atomic E-state index is 14.2. The molecule has 0 unspecified atom stereocenters. The lowest BCUT2D eigenvalue weighted by Crippen LogP contribution is -2.42. The molecule has 39 heavy (non-hydrogen) atoms. The number of amides is 1. The SMILES string of the molecule is Cc1cc(C)c(S(=O)(=O)N(CC(=O)N(Cc2ccccc2)Cc2ccccc2)Cc2ccc(Cl)cc2)c(C)c1. The summed E-state index contributed by atoms with van der Waals surface area (Å²) in [4.78, 5) is 15.9. The van der Waals surface area contributed by atoms with Crippen molar-refractivity contribution in [2.75, 3.05) is 6.54 Å². The van der Waals surface area contributed by atoms with Crippen LogP contribution in [-0.4, -0.2) is 30.1 Å². The molecule has 1 amide bonds. The molecule has 0 aromatic heterocycles. The van der Waals surface area contributed by atoms with E-state index >= 15 is 0 Å². The monoisotopic (exact) mass is 560 g/mol. The molecule has 0 bridgehead atoms. The Kier molecular flexibility index (Phi) is 9.23. The van der Waals surface area contributed by atoms with Gasteiger partial charge >= 0.3 is 0 Å². The molecule has 4 rings (SSSR count). The molecular weight excluding hydrogens is 528 g/mol. The van der Waals surface area contributed by atoms with Gasteiger partial charge in [0.25, 0.3) is 0 Å². The third-order valence-corrected chi connectivity index (χ3v) is 8.92. The molecule has 7 heteroatoms. The Balaban J connectivity index is 1.71. The second-order valence-electron chi connectivity index (χ2n) is 9.85. The average molecular weight is 561 g/mol. The summed E-state index contributed by atoms with van der Waals surface area (Å²) in [6.45, 7) is 6.02. The summed E-state index contributed by atoms with van der Waals surface area (Å²) in [5.74, 6) is -0.275. The van der Waals surface area contributed by atoms with E-state index < -0.39 is 10.0 Å². The van der Waals surface area contributed by atoms with Crippen molar-refractivity contribution in [2.24, 2.45) is 0 Å². The summed E-state index contributed by atoms with van der Waals surface area (Å²) in [7, 11) is -4.01. The minimum Gasteiger partial charge on any atom is -0.333 e. The van der Waals surface area contributed by atoms with E-state index in [4.69, 9.17) is 11.6 Å². The van der Waals surface area contributed by atoms with Gasteiger partial charge in [0, 0.05) is 24.7 Å². The number of nitrogens with zero attached hydrogens (tertiary/aromatic N) is 2. The third kappa shape index (κ3) is 7.35. The quantitative estimate of drug-likeness (QED) is 0.217. The molecule has 0 saturated heterocycles. The van der Waals surface area contributed by atoms with E-state index in [1.54, 1.807) is 43.0 Å². The van der Waals surface area contributed by atoms with Crippen LogP contribution in [0.3, 0.4) is 0 Å². The van der Waals surface area contributed by atoms with Crippen LogP contribution in [0.5, 0.6) is 0 Å². The van der Waals surface area contributed by atoms with Crippen LogP contribution in [0.1, 0.15) is 33.4 Å². The second kappa shape index (κ2) is 12.6. The fraction of sp³-hybridized carbons (Fsp3) is 0.219. The van der Waals surface area contributed by atoms with Crippen LogP contribution in [0.25, 0.3) is 0 Å². The standard InChI is InChI=1S/C32H33ClN2O3S/c1-24-18-25(2)32(26(3)19-24)39(37,38)35(22-29-14-16-30(33)17-15-29)23-31(36)34(20-27-10-6-4-7-11-27)21-28-12-8-5-9-13-28/h4-19H,20-23H2,1-3H3. The number of benzene rings is 4. The van der Waals surface area contributed by atoms with Gasteiger partial charge in [0.1, 0.15) is 0 Å². The minimum absolute atomic E-state index is 0.0442. The van der Waals surface area contributed by atoms with Gasteiger partial charge in [-0.05, 0) is 60.7 Å². The Bertz CT molecular complexity index is 1460. The summed E-state index contributed by atoms with van der Waals surface area (Å²) in [5.41, 5.74) is 4.99. The van der Waals surface area contributed by atoms with Crippen molar-refractivity contribution in [1.29, 1.82) is 0 Å². The van der Waals surface area contributed by atoms with E-state index in [2.05, 4.69) is 0 Å². The van der Waals surface area contributed by atoms with Gasteiger partial charge < -0.3 is 4.90 Å². The predicted molar refractivity (Wildman–Crippen MR) is 157 cm³/mol. The van der Waals surface area contributed by atoms with E-state index in [9.17, 15) is 13.2 Å². The number of halogens is 1. The van der Waals surface area contributed by atoms with E-state index in [0.717, 1.165) is 22.3 Å². The van der Waals surface area contributed by atoms with E-state index in [-0.39, 0.29) is 23.9 Å². The number of hydrogen-bond donors (Lipinski definition) is 0. The van der Waals surface area contributed by atoms with Gasteiger partial charge in [0.15, 0.2) is 0 Å². The van der Waals surface area contributed by atoms with Crippen molar-refractivity contribution in [1.82, 2.24) is 9.21 Å². The maximum absolute atomic E-state index is 14.2. The summed E-state index contributed by atoms with van der Waals surface area (Å²) in [5, 5.41) is 0.561. The molecule has 0 aliphatic heterocycles. The number of carbonyl (C=O) groups excluding carboxylic acids is 1. The molecular formula is C32H33ClN2O3S. The van der Waals surface area contributed by atoms with Gasteiger partial charge in [-0.15, -0.1) is 0 Å². The molecule has 0 fully saturated rings. The predicted octanol–water partition coefficient (Wildman–Crippen LogP) is 6.69. The Morgan fingerprint density at radius 3 is 1.64 bits per heavy atom. The lowest BCUT2D eigenvalue weighted by atomic mass is 10.1. The van der Waals surface area contributed by atoms with Gasteiger partial charge in [0.05, 0.1) is 11.4 Å². The van der Waals surface area contributed by atoms with Crippen LogP contribution in [0.2, 0.25) is 5.02 Å². The molecule has 4 aromatic rings. The molecule has 202 valence electrons.